The van der Waals surface area contributed by atoms with Gasteiger partial charge in [-0.25, -0.2) is 0 Å². The predicted octanol–water partition coefficient (Wildman–Crippen LogP) is 7.06. The number of fused-ring (bicyclic) bond motifs is 2. The van der Waals surface area contributed by atoms with Gasteiger partial charge in [0.25, 0.3) is 20.2 Å². The molecule has 4 aromatic carbocycles. The molecule has 2 aliphatic rings. The van der Waals surface area contributed by atoms with E-state index in [0.717, 1.165) is 11.1 Å². The molecule has 0 bridgehead atoms. The minimum atomic E-state index is -4.02. The van der Waals surface area contributed by atoms with Crippen molar-refractivity contribution in [2.75, 3.05) is 0 Å². The molecule has 2 N–H and O–H groups in total. The first-order chi connectivity index (χ1) is 19.8. The van der Waals surface area contributed by atoms with Crippen molar-refractivity contribution < 1.29 is 47.2 Å². The Hall–Kier alpha value is -3.07. The summed E-state index contributed by atoms with van der Waals surface area (Å²) >= 11 is -1.85. The third-order valence-corrected chi connectivity index (χ3v) is 15.2. The SMILES string of the molecule is Cc1ccc(S(=O)(=O)O)cc1.Cc1ccc(S(=O)(=O)O)cc1.[CH2]=[Zr]([CH]1C=Cc2ccccc21)[CH]1C=Cc2ccccc21. The number of hydrogen-bond acceptors (Lipinski definition) is 4. The fourth-order valence-electron chi connectivity index (χ4n) is 4.76. The molecular weight excluding hydrogens is 648 g/mol. The van der Waals surface area contributed by atoms with Crippen molar-refractivity contribution in [2.45, 2.75) is 30.9 Å². The molecule has 2 atom stereocenters. The van der Waals surface area contributed by atoms with E-state index in [2.05, 4.69) is 72.8 Å². The molecule has 42 heavy (non-hydrogen) atoms. The molecule has 9 heteroatoms. The van der Waals surface area contributed by atoms with Gasteiger partial charge in [-0.15, -0.1) is 0 Å². The zero-order valence-electron chi connectivity index (χ0n) is 23.3. The summed E-state index contributed by atoms with van der Waals surface area (Å²) in [6, 6.07) is 29.6. The van der Waals surface area contributed by atoms with Gasteiger partial charge >= 0.3 is 128 Å². The second kappa shape index (κ2) is 13.5. The first-order valence-corrected chi connectivity index (χ1v) is 20.6. The zero-order chi connectivity index (χ0) is 30.5. The summed E-state index contributed by atoms with van der Waals surface area (Å²) < 4.78 is 65.0. The Morgan fingerprint density at radius 3 is 1.24 bits per heavy atom. The maximum absolute atomic E-state index is 10.5. The summed E-state index contributed by atoms with van der Waals surface area (Å²) in [7, 11) is -8.04. The van der Waals surface area contributed by atoms with Crippen LogP contribution in [0.5, 0.6) is 0 Å². The molecule has 4 aromatic rings. The Morgan fingerprint density at radius 1 is 0.571 bits per heavy atom. The van der Waals surface area contributed by atoms with Gasteiger partial charge in [-0.1, -0.05) is 35.4 Å². The summed E-state index contributed by atoms with van der Waals surface area (Å²) in [5.41, 5.74) is 7.73. The fourth-order valence-corrected chi connectivity index (χ4v) is 11.6. The average molecular weight is 680 g/mol. The number of benzene rings is 4. The van der Waals surface area contributed by atoms with Crippen molar-refractivity contribution in [1.82, 2.24) is 0 Å². The summed E-state index contributed by atoms with van der Waals surface area (Å²) in [6.07, 6.45) is 9.38. The van der Waals surface area contributed by atoms with Crippen molar-refractivity contribution in [3.63, 3.8) is 0 Å². The van der Waals surface area contributed by atoms with Crippen molar-refractivity contribution in [3.05, 3.63) is 143 Å². The molecule has 2 unspecified atom stereocenters. The normalized spacial score (nSPS) is 16.4. The van der Waals surface area contributed by atoms with Gasteiger partial charge in [0.15, 0.2) is 0 Å². The molecule has 0 radical (unpaired) electrons. The Bertz CT molecular complexity index is 1720. The molecule has 2 aliphatic carbocycles. The van der Waals surface area contributed by atoms with Crippen LogP contribution in [0, 0.1) is 13.8 Å². The number of hydrogen-bond donors (Lipinski definition) is 2. The molecule has 0 heterocycles. The van der Waals surface area contributed by atoms with Gasteiger partial charge in [0.2, 0.25) is 0 Å². The van der Waals surface area contributed by atoms with Crippen molar-refractivity contribution in [3.8, 4) is 0 Å². The summed E-state index contributed by atoms with van der Waals surface area (Å²) in [6.45, 7) is 3.68. The van der Waals surface area contributed by atoms with E-state index in [1.807, 2.05) is 13.8 Å². The molecule has 0 aliphatic heterocycles. The van der Waals surface area contributed by atoms with Gasteiger partial charge in [0, 0.05) is 0 Å². The molecule has 0 spiro atoms. The van der Waals surface area contributed by atoms with E-state index in [4.69, 9.17) is 13.3 Å². The minimum absolute atomic E-state index is 0.0666. The summed E-state index contributed by atoms with van der Waals surface area (Å²) in [5, 5.41) is 0. The second-order valence-corrected chi connectivity index (χ2v) is 18.8. The molecule has 6 rings (SSSR count). The van der Waals surface area contributed by atoms with E-state index in [1.165, 1.54) is 46.5 Å². The van der Waals surface area contributed by atoms with Crippen molar-refractivity contribution in [2.24, 2.45) is 0 Å². The molecule has 216 valence electrons. The molecule has 0 aromatic heterocycles. The van der Waals surface area contributed by atoms with E-state index < -0.39 is 41.5 Å². The molecule has 0 saturated heterocycles. The molecule has 0 fully saturated rings. The van der Waals surface area contributed by atoms with Crippen LogP contribution in [-0.2, 0) is 41.5 Å². The summed E-state index contributed by atoms with van der Waals surface area (Å²) in [5.74, 6) is 0. The van der Waals surface area contributed by atoms with Crippen LogP contribution in [0.15, 0.2) is 119 Å². The van der Waals surface area contributed by atoms with Gasteiger partial charge in [-0.05, 0) is 38.1 Å². The van der Waals surface area contributed by atoms with E-state index >= 15 is 0 Å². The Kier molecular flexibility index (Phi) is 10.2. The van der Waals surface area contributed by atoms with Crippen LogP contribution in [0.2, 0.25) is 0 Å². The van der Waals surface area contributed by atoms with Crippen molar-refractivity contribution >= 4 is 36.6 Å². The molecular formula is C33H32O6S2Zr. The van der Waals surface area contributed by atoms with Gasteiger partial charge in [-0.3, -0.25) is 9.11 Å². The van der Waals surface area contributed by atoms with Crippen molar-refractivity contribution in [1.29, 1.82) is 0 Å². The first kappa shape index (κ1) is 31.9. The van der Waals surface area contributed by atoms with Gasteiger partial charge in [0.1, 0.15) is 0 Å². The number of allylic oxidation sites excluding steroid dienone is 2. The summed E-state index contributed by atoms with van der Waals surface area (Å²) in [4.78, 5) is -0.133. The van der Waals surface area contributed by atoms with Gasteiger partial charge in [0.05, 0.1) is 9.79 Å². The van der Waals surface area contributed by atoms with Crippen LogP contribution in [0.25, 0.3) is 12.2 Å². The second-order valence-electron chi connectivity index (χ2n) is 10.1. The average Bonchev–Trinajstić information content (AvgIpc) is 3.58. The quantitative estimate of drug-likeness (QED) is 0.224. The predicted molar refractivity (Wildman–Crippen MR) is 166 cm³/mol. The van der Waals surface area contributed by atoms with Gasteiger partial charge in [-0.2, -0.15) is 16.8 Å². The Morgan fingerprint density at radius 2 is 0.905 bits per heavy atom. The topological polar surface area (TPSA) is 109 Å². The zero-order valence-corrected chi connectivity index (χ0v) is 27.3. The molecule has 0 saturated carbocycles. The third-order valence-electron chi connectivity index (χ3n) is 7.04. The number of aryl methyl sites for hydroxylation is 2. The Labute approximate surface area is 255 Å². The van der Waals surface area contributed by atoms with Crippen LogP contribution >= 0.6 is 0 Å². The van der Waals surface area contributed by atoms with Crippen LogP contribution in [0.4, 0.5) is 0 Å². The Balaban J connectivity index is 0.000000158. The van der Waals surface area contributed by atoms with E-state index in [9.17, 15) is 16.8 Å². The van der Waals surface area contributed by atoms with Crippen LogP contribution < -0.4 is 0 Å². The van der Waals surface area contributed by atoms with Crippen LogP contribution in [0.3, 0.4) is 0 Å². The van der Waals surface area contributed by atoms with Crippen LogP contribution in [0.1, 0.15) is 40.6 Å². The standard InChI is InChI=1S/2C9H7.2C7H8O3S.CH2.Zr/c2*1-2-5-9-7-3-6-8(9)4-1;2*1-6-2-4-7(5-3-6)11(8,9)10;;/h2*1-7H;2*2-5H,1H3,(H,8,9,10);1H2;. The first-order valence-electron chi connectivity index (χ1n) is 13.2. The fraction of sp³-hybridized carbons (Fsp3) is 0.121. The molecule has 6 nitrogen and oxygen atoms in total. The third kappa shape index (κ3) is 8.06. The van der Waals surface area contributed by atoms with Gasteiger partial charge < -0.3 is 0 Å². The van der Waals surface area contributed by atoms with E-state index in [-0.39, 0.29) is 9.79 Å². The molecule has 0 amide bonds. The maximum atomic E-state index is 10.5. The monoisotopic (exact) mass is 678 g/mol. The number of rotatable bonds is 4. The van der Waals surface area contributed by atoms with E-state index in [1.54, 1.807) is 24.3 Å². The van der Waals surface area contributed by atoms with E-state index in [0.29, 0.717) is 7.25 Å². The van der Waals surface area contributed by atoms with Crippen LogP contribution in [-0.4, -0.2) is 30.2 Å².